The second-order valence-corrected chi connectivity index (χ2v) is 5.46. The molecule has 0 aliphatic carbocycles. The van der Waals surface area contributed by atoms with E-state index in [0.29, 0.717) is 11.1 Å². The van der Waals surface area contributed by atoms with Crippen LogP contribution in [0.25, 0.3) is 11.6 Å². The molecule has 2 rings (SSSR count). The first kappa shape index (κ1) is 17.1. The van der Waals surface area contributed by atoms with Crippen LogP contribution in [0.2, 0.25) is 0 Å². The molecule has 0 spiro atoms. The third-order valence-electron chi connectivity index (χ3n) is 3.08. The van der Waals surface area contributed by atoms with E-state index in [0.717, 1.165) is 6.07 Å². The SMILES string of the molecule is N#C/C(=C/c1cc(Br)c(O)c([N+](=O)[O-])c1)c1ccc([N+](=O)[O-])cc1. The summed E-state index contributed by atoms with van der Waals surface area (Å²) in [5, 5.41) is 40.5. The predicted molar refractivity (Wildman–Crippen MR) is 89.0 cm³/mol. The third kappa shape index (κ3) is 3.56. The largest absolute Gasteiger partial charge is 0.501 e. The van der Waals surface area contributed by atoms with Crippen LogP contribution in [0, 0.1) is 31.6 Å². The molecule has 0 saturated carbocycles. The summed E-state index contributed by atoms with van der Waals surface area (Å²) in [7, 11) is 0. The minimum atomic E-state index is -0.741. The molecule has 0 atom stereocenters. The number of nitrogens with zero attached hydrogens (tertiary/aromatic N) is 3. The van der Waals surface area contributed by atoms with E-state index in [4.69, 9.17) is 0 Å². The van der Waals surface area contributed by atoms with Gasteiger partial charge in [0.25, 0.3) is 5.69 Å². The van der Waals surface area contributed by atoms with Gasteiger partial charge in [0.1, 0.15) is 0 Å². The van der Waals surface area contributed by atoms with Gasteiger partial charge in [-0.3, -0.25) is 20.2 Å². The second kappa shape index (κ2) is 6.89. The van der Waals surface area contributed by atoms with Crippen LogP contribution < -0.4 is 0 Å². The monoisotopic (exact) mass is 389 g/mol. The Kier molecular flexibility index (Phi) is 4.91. The molecular weight excluding hydrogens is 382 g/mol. The molecule has 120 valence electrons. The quantitative estimate of drug-likeness (QED) is 0.363. The van der Waals surface area contributed by atoms with Crippen molar-refractivity contribution in [2.75, 3.05) is 0 Å². The summed E-state index contributed by atoms with van der Waals surface area (Å²) >= 11 is 3.02. The molecule has 0 saturated heterocycles. The molecule has 8 nitrogen and oxygen atoms in total. The van der Waals surface area contributed by atoms with Crippen molar-refractivity contribution in [3.8, 4) is 11.8 Å². The molecule has 2 aromatic rings. The summed E-state index contributed by atoms with van der Waals surface area (Å²) in [6.45, 7) is 0. The van der Waals surface area contributed by atoms with Gasteiger partial charge < -0.3 is 5.11 Å². The zero-order chi connectivity index (χ0) is 17.9. The smallest absolute Gasteiger partial charge is 0.312 e. The molecule has 0 bridgehead atoms. The van der Waals surface area contributed by atoms with Crippen molar-refractivity contribution < 1.29 is 15.0 Å². The fraction of sp³-hybridized carbons (Fsp3) is 0. The molecule has 0 amide bonds. The van der Waals surface area contributed by atoms with Crippen molar-refractivity contribution in [1.82, 2.24) is 0 Å². The van der Waals surface area contributed by atoms with Crippen LogP contribution in [-0.4, -0.2) is 15.0 Å². The first-order chi connectivity index (χ1) is 11.3. The fourth-order valence-electron chi connectivity index (χ4n) is 1.94. The second-order valence-electron chi connectivity index (χ2n) is 4.60. The highest BCUT2D eigenvalue weighted by molar-refractivity contribution is 9.10. The number of nitro benzene ring substituents is 2. The van der Waals surface area contributed by atoms with Gasteiger partial charge in [0.2, 0.25) is 5.75 Å². The summed E-state index contributed by atoms with van der Waals surface area (Å²) in [5.41, 5.74) is 0.295. The zero-order valence-corrected chi connectivity index (χ0v) is 13.4. The van der Waals surface area contributed by atoms with Crippen molar-refractivity contribution in [3.63, 3.8) is 0 Å². The van der Waals surface area contributed by atoms with Gasteiger partial charge in [-0.05, 0) is 51.3 Å². The Morgan fingerprint density at radius 1 is 1.17 bits per heavy atom. The molecule has 0 unspecified atom stereocenters. The molecular formula is C15H8BrN3O5. The number of hydrogen-bond donors (Lipinski definition) is 1. The summed E-state index contributed by atoms with van der Waals surface area (Å²) in [6, 6.07) is 9.84. The number of aromatic hydroxyl groups is 1. The number of allylic oxidation sites excluding steroid dienone is 1. The Labute approximate surface area is 143 Å². The van der Waals surface area contributed by atoms with E-state index in [2.05, 4.69) is 15.9 Å². The van der Waals surface area contributed by atoms with E-state index in [1.54, 1.807) is 0 Å². The van der Waals surface area contributed by atoms with Crippen LogP contribution >= 0.6 is 15.9 Å². The molecule has 0 aromatic heterocycles. The molecule has 0 radical (unpaired) electrons. The van der Waals surface area contributed by atoms with Crippen LogP contribution in [0.1, 0.15) is 11.1 Å². The van der Waals surface area contributed by atoms with Crippen molar-refractivity contribution in [3.05, 3.63) is 72.2 Å². The number of non-ortho nitro benzene ring substituents is 1. The average molecular weight is 390 g/mol. The number of benzene rings is 2. The standard InChI is InChI=1S/C15H8BrN3O5/c16-13-6-9(7-14(15(13)20)19(23)24)5-11(8-17)10-1-3-12(4-2-10)18(21)22/h1-7,20H/b11-5-. The molecule has 1 N–H and O–H groups in total. The van der Waals surface area contributed by atoms with Gasteiger partial charge in [0.05, 0.1) is 26.0 Å². The Hall–Kier alpha value is -3.25. The molecule has 9 heteroatoms. The topological polar surface area (TPSA) is 130 Å². The Bertz CT molecular complexity index is 901. The lowest BCUT2D eigenvalue weighted by Gasteiger charge is -2.03. The van der Waals surface area contributed by atoms with Crippen LogP contribution in [0.5, 0.6) is 5.75 Å². The average Bonchev–Trinajstić information content (AvgIpc) is 2.55. The van der Waals surface area contributed by atoms with Crippen molar-refractivity contribution in [2.45, 2.75) is 0 Å². The molecule has 0 heterocycles. The Morgan fingerprint density at radius 3 is 2.29 bits per heavy atom. The maximum Gasteiger partial charge on any atom is 0.312 e. The number of phenols is 1. The van der Waals surface area contributed by atoms with Crippen LogP contribution in [-0.2, 0) is 0 Å². The number of halogens is 1. The number of rotatable bonds is 4. The van der Waals surface area contributed by atoms with Gasteiger partial charge in [-0.1, -0.05) is 0 Å². The highest BCUT2D eigenvalue weighted by Crippen LogP contribution is 2.36. The van der Waals surface area contributed by atoms with Gasteiger partial charge >= 0.3 is 5.69 Å². The van der Waals surface area contributed by atoms with Gasteiger partial charge in [0, 0.05) is 18.2 Å². The maximum absolute atomic E-state index is 10.9. The minimum absolute atomic E-state index is 0.112. The lowest BCUT2D eigenvalue weighted by Crippen LogP contribution is -1.91. The Balaban J connectivity index is 2.50. The van der Waals surface area contributed by atoms with E-state index >= 15 is 0 Å². The number of nitro groups is 2. The normalized spacial score (nSPS) is 10.9. The molecule has 2 aromatic carbocycles. The Morgan fingerprint density at radius 2 is 1.79 bits per heavy atom. The summed E-state index contributed by atoms with van der Waals surface area (Å²) < 4.78 is 0.115. The van der Waals surface area contributed by atoms with Gasteiger partial charge in [-0.2, -0.15) is 5.26 Å². The van der Waals surface area contributed by atoms with Gasteiger partial charge in [-0.15, -0.1) is 0 Å². The fourth-order valence-corrected chi connectivity index (χ4v) is 2.40. The maximum atomic E-state index is 10.9. The van der Waals surface area contributed by atoms with E-state index in [9.17, 15) is 30.6 Å². The lowest BCUT2D eigenvalue weighted by molar-refractivity contribution is -0.386. The third-order valence-corrected chi connectivity index (χ3v) is 3.69. The number of phenolic OH excluding ortho intramolecular Hbond substituents is 1. The van der Waals surface area contributed by atoms with Crippen LogP contribution in [0.4, 0.5) is 11.4 Å². The number of nitriles is 1. The van der Waals surface area contributed by atoms with Crippen LogP contribution in [0.15, 0.2) is 40.9 Å². The number of hydrogen-bond acceptors (Lipinski definition) is 6. The summed E-state index contributed by atoms with van der Waals surface area (Å²) in [6.07, 6.45) is 1.39. The zero-order valence-electron chi connectivity index (χ0n) is 11.8. The van der Waals surface area contributed by atoms with E-state index in [1.807, 2.05) is 6.07 Å². The highest BCUT2D eigenvalue weighted by Gasteiger charge is 2.17. The van der Waals surface area contributed by atoms with E-state index in [-0.39, 0.29) is 15.7 Å². The van der Waals surface area contributed by atoms with Crippen LogP contribution in [0.3, 0.4) is 0 Å². The van der Waals surface area contributed by atoms with E-state index < -0.39 is 21.3 Å². The lowest BCUT2D eigenvalue weighted by atomic mass is 10.0. The molecule has 24 heavy (non-hydrogen) atoms. The highest BCUT2D eigenvalue weighted by atomic mass is 79.9. The molecule has 0 aliphatic heterocycles. The van der Waals surface area contributed by atoms with Gasteiger partial charge in [-0.25, -0.2) is 0 Å². The van der Waals surface area contributed by atoms with Gasteiger partial charge in [0.15, 0.2) is 0 Å². The van der Waals surface area contributed by atoms with Crippen molar-refractivity contribution in [1.29, 1.82) is 5.26 Å². The minimum Gasteiger partial charge on any atom is -0.501 e. The summed E-state index contributed by atoms with van der Waals surface area (Å²) in [5.74, 6) is -0.508. The summed E-state index contributed by atoms with van der Waals surface area (Å²) in [4.78, 5) is 20.3. The predicted octanol–water partition coefficient (Wildman–Crippen LogP) is 4.04. The van der Waals surface area contributed by atoms with Crippen molar-refractivity contribution in [2.24, 2.45) is 0 Å². The van der Waals surface area contributed by atoms with E-state index in [1.165, 1.54) is 36.4 Å². The molecule has 0 fully saturated rings. The van der Waals surface area contributed by atoms with Crippen molar-refractivity contribution >= 4 is 39.0 Å². The molecule has 0 aliphatic rings. The first-order valence-electron chi connectivity index (χ1n) is 6.37. The first-order valence-corrected chi connectivity index (χ1v) is 7.16.